The molecule has 1 saturated carbocycles. The number of ether oxygens (including phenoxy) is 1. The van der Waals surface area contributed by atoms with E-state index in [0.717, 1.165) is 29.2 Å². The smallest absolute Gasteiger partial charge is 0.262 e. The van der Waals surface area contributed by atoms with E-state index in [2.05, 4.69) is 5.32 Å². The molecular formula is C19H18N2O2. The highest BCUT2D eigenvalue weighted by Gasteiger charge is 2.25. The normalized spacial score (nSPS) is 14.3. The highest BCUT2D eigenvalue weighted by atomic mass is 16.5. The van der Waals surface area contributed by atoms with Crippen molar-refractivity contribution in [2.75, 3.05) is 6.61 Å². The maximum atomic E-state index is 12.2. The summed E-state index contributed by atoms with van der Waals surface area (Å²) < 4.78 is 5.68. The SMILES string of the molecule is CCOc1ccc2ccccc2c1/C=C(\C#N)C(=O)NC1CC1. The van der Waals surface area contributed by atoms with E-state index < -0.39 is 0 Å². The molecule has 4 heteroatoms. The molecular weight excluding hydrogens is 288 g/mol. The van der Waals surface area contributed by atoms with E-state index in [1.165, 1.54) is 0 Å². The molecule has 0 radical (unpaired) electrons. The van der Waals surface area contributed by atoms with E-state index in [1.807, 2.05) is 49.4 Å². The molecule has 0 spiro atoms. The number of nitriles is 1. The Kier molecular flexibility index (Phi) is 4.29. The first-order chi connectivity index (χ1) is 11.2. The van der Waals surface area contributed by atoms with Crippen LogP contribution in [0, 0.1) is 11.3 Å². The Morgan fingerprint density at radius 3 is 2.83 bits per heavy atom. The standard InChI is InChI=1S/C19H18N2O2/c1-2-23-18-10-7-13-5-3-4-6-16(13)17(18)11-14(12-20)19(22)21-15-8-9-15/h3-7,10-11,15H,2,8-9H2,1H3,(H,21,22)/b14-11+. The number of hydrogen-bond donors (Lipinski definition) is 1. The minimum Gasteiger partial charge on any atom is -0.493 e. The lowest BCUT2D eigenvalue weighted by Gasteiger charge is -2.11. The van der Waals surface area contributed by atoms with Gasteiger partial charge in [0.1, 0.15) is 17.4 Å². The molecule has 3 rings (SSSR count). The minimum absolute atomic E-state index is 0.106. The zero-order valence-corrected chi connectivity index (χ0v) is 13.0. The third-order valence-electron chi connectivity index (χ3n) is 3.80. The van der Waals surface area contributed by atoms with Crippen molar-refractivity contribution in [1.29, 1.82) is 5.26 Å². The van der Waals surface area contributed by atoms with Gasteiger partial charge in [0.05, 0.1) is 6.61 Å². The minimum atomic E-state index is -0.314. The third-order valence-corrected chi connectivity index (χ3v) is 3.80. The number of carbonyl (C=O) groups is 1. The van der Waals surface area contributed by atoms with Crippen molar-refractivity contribution < 1.29 is 9.53 Å². The second kappa shape index (κ2) is 6.53. The Morgan fingerprint density at radius 1 is 1.35 bits per heavy atom. The van der Waals surface area contributed by atoms with Crippen molar-refractivity contribution in [3.8, 4) is 11.8 Å². The molecule has 0 atom stereocenters. The van der Waals surface area contributed by atoms with Crippen molar-refractivity contribution in [3.63, 3.8) is 0 Å². The summed E-state index contributed by atoms with van der Waals surface area (Å²) in [7, 11) is 0. The number of fused-ring (bicyclic) bond motifs is 1. The van der Waals surface area contributed by atoms with Gasteiger partial charge in [-0.15, -0.1) is 0 Å². The van der Waals surface area contributed by atoms with Gasteiger partial charge in [-0.3, -0.25) is 4.79 Å². The average Bonchev–Trinajstić information content (AvgIpc) is 3.37. The molecule has 1 aliphatic rings. The Hall–Kier alpha value is -2.80. The van der Waals surface area contributed by atoms with E-state index in [0.29, 0.717) is 12.4 Å². The molecule has 4 nitrogen and oxygen atoms in total. The molecule has 0 heterocycles. The fourth-order valence-electron chi connectivity index (χ4n) is 2.49. The molecule has 1 fully saturated rings. The maximum absolute atomic E-state index is 12.2. The molecule has 0 bridgehead atoms. The molecule has 0 unspecified atom stereocenters. The highest BCUT2D eigenvalue weighted by molar-refractivity contribution is 6.05. The van der Waals surface area contributed by atoms with Gasteiger partial charge < -0.3 is 10.1 Å². The summed E-state index contributed by atoms with van der Waals surface area (Å²) in [6.07, 6.45) is 3.61. The first-order valence-electron chi connectivity index (χ1n) is 7.80. The summed E-state index contributed by atoms with van der Waals surface area (Å²) >= 11 is 0. The second-order valence-corrected chi connectivity index (χ2v) is 5.55. The molecule has 0 aromatic heterocycles. The Labute approximate surface area is 135 Å². The zero-order chi connectivity index (χ0) is 16.2. The van der Waals surface area contributed by atoms with Gasteiger partial charge in [0.25, 0.3) is 5.91 Å². The number of carbonyl (C=O) groups excluding carboxylic acids is 1. The second-order valence-electron chi connectivity index (χ2n) is 5.55. The molecule has 2 aromatic rings. The average molecular weight is 306 g/mol. The van der Waals surface area contributed by atoms with Crippen LogP contribution in [-0.2, 0) is 4.79 Å². The summed E-state index contributed by atoms with van der Waals surface area (Å²) in [5.41, 5.74) is 0.877. The van der Waals surface area contributed by atoms with Crippen molar-refractivity contribution >= 4 is 22.8 Å². The fourth-order valence-corrected chi connectivity index (χ4v) is 2.49. The number of amides is 1. The van der Waals surface area contributed by atoms with E-state index in [-0.39, 0.29) is 17.5 Å². The summed E-state index contributed by atoms with van der Waals surface area (Å²) in [5.74, 6) is 0.364. The van der Waals surface area contributed by atoms with Crippen LogP contribution in [0.5, 0.6) is 5.75 Å². The number of benzene rings is 2. The lowest BCUT2D eigenvalue weighted by Crippen LogP contribution is -2.26. The molecule has 2 aromatic carbocycles. The van der Waals surface area contributed by atoms with Crippen LogP contribution in [0.3, 0.4) is 0 Å². The number of nitrogens with one attached hydrogen (secondary N) is 1. The van der Waals surface area contributed by atoms with Crippen molar-refractivity contribution in [1.82, 2.24) is 5.32 Å². The van der Waals surface area contributed by atoms with E-state index in [9.17, 15) is 10.1 Å². The first kappa shape index (κ1) is 15.1. The van der Waals surface area contributed by atoms with Crippen molar-refractivity contribution in [2.45, 2.75) is 25.8 Å². The Balaban J connectivity index is 2.08. The van der Waals surface area contributed by atoms with Gasteiger partial charge in [0, 0.05) is 11.6 Å². The quantitative estimate of drug-likeness (QED) is 0.680. The van der Waals surface area contributed by atoms with Crippen LogP contribution in [-0.4, -0.2) is 18.6 Å². The third kappa shape index (κ3) is 3.35. The van der Waals surface area contributed by atoms with Crippen LogP contribution in [0.2, 0.25) is 0 Å². The van der Waals surface area contributed by atoms with E-state index >= 15 is 0 Å². The van der Waals surface area contributed by atoms with Crippen LogP contribution < -0.4 is 10.1 Å². The highest BCUT2D eigenvalue weighted by Crippen LogP contribution is 2.30. The molecule has 0 aliphatic heterocycles. The van der Waals surface area contributed by atoms with Crippen LogP contribution in [0.25, 0.3) is 16.8 Å². The molecule has 1 N–H and O–H groups in total. The van der Waals surface area contributed by atoms with Crippen LogP contribution in [0.1, 0.15) is 25.3 Å². The monoisotopic (exact) mass is 306 g/mol. The lowest BCUT2D eigenvalue weighted by atomic mass is 10.0. The number of hydrogen-bond acceptors (Lipinski definition) is 3. The summed E-state index contributed by atoms with van der Waals surface area (Å²) in [4.78, 5) is 12.2. The van der Waals surface area contributed by atoms with Crippen LogP contribution in [0.4, 0.5) is 0 Å². The molecule has 1 aliphatic carbocycles. The maximum Gasteiger partial charge on any atom is 0.262 e. The van der Waals surface area contributed by atoms with Gasteiger partial charge >= 0.3 is 0 Å². The summed E-state index contributed by atoms with van der Waals surface area (Å²) in [6, 6.07) is 14.0. The number of nitrogens with zero attached hydrogens (tertiary/aromatic N) is 1. The molecule has 23 heavy (non-hydrogen) atoms. The molecule has 116 valence electrons. The van der Waals surface area contributed by atoms with Crippen LogP contribution in [0.15, 0.2) is 42.0 Å². The summed E-state index contributed by atoms with van der Waals surface area (Å²) in [5, 5.41) is 14.2. The van der Waals surface area contributed by atoms with Gasteiger partial charge in [-0.1, -0.05) is 30.3 Å². The molecule has 0 saturated heterocycles. The number of rotatable bonds is 5. The predicted molar refractivity (Wildman–Crippen MR) is 89.9 cm³/mol. The largest absolute Gasteiger partial charge is 0.493 e. The van der Waals surface area contributed by atoms with Crippen LogP contribution >= 0.6 is 0 Å². The zero-order valence-electron chi connectivity index (χ0n) is 13.0. The van der Waals surface area contributed by atoms with E-state index in [1.54, 1.807) is 6.08 Å². The summed E-state index contributed by atoms with van der Waals surface area (Å²) in [6.45, 7) is 2.43. The molecule has 1 amide bonds. The lowest BCUT2D eigenvalue weighted by molar-refractivity contribution is -0.117. The van der Waals surface area contributed by atoms with E-state index in [4.69, 9.17) is 4.74 Å². The van der Waals surface area contributed by atoms with Crippen molar-refractivity contribution in [3.05, 3.63) is 47.5 Å². The van der Waals surface area contributed by atoms with Crippen molar-refractivity contribution in [2.24, 2.45) is 0 Å². The Morgan fingerprint density at radius 2 is 2.13 bits per heavy atom. The first-order valence-corrected chi connectivity index (χ1v) is 7.80. The fraction of sp³-hybridized carbons (Fsp3) is 0.263. The van der Waals surface area contributed by atoms with Gasteiger partial charge in [-0.05, 0) is 42.7 Å². The van der Waals surface area contributed by atoms with Gasteiger partial charge in [-0.25, -0.2) is 0 Å². The topological polar surface area (TPSA) is 62.1 Å². The van der Waals surface area contributed by atoms with Gasteiger partial charge in [0.15, 0.2) is 0 Å². The Bertz CT molecular complexity index is 814. The predicted octanol–water partition coefficient (Wildman–Crippen LogP) is 3.42. The van der Waals surface area contributed by atoms with Gasteiger partial charge in [0.2, 0.25) is 0 Å². The van der Waals surface area contributed by atoms with Gasteiger partial charge in [-0.2, -0.15) is 5.26 Å².